The summed E-state index contributed by atoms with van der Waals surface area (Å²) in [6.07, 6.45) is -0.179. The van der Waals surface area contributed by atoms with Gasteiger partial charge in [-0.05, 0) is 50.2 Å². The molecule has 2 rings (SSSR count). The van der Waals surface area contributed by atoms with Crippen molar-refractivity contribution in [1.29, 1.82) is 0 Å². The van der Waals surface area contributed by atoms with Gasteiger partial charge in [-0.1, -0.05) is 12.1 Å². The van der Waals surface area contributed by atoms with Crippen LogP contribution in [0.3, 0.4) is 0 Å². The highest BCUT2D eigenvalue weighted by Gasteiger charge is 2.10. The van der Waals surface area contributed by atoms with Crippen molar-refractivity contribution in [2.75, 3.05) is 19.0 Å². The van der Waals surface area contributed by atoms with Gasteiger partial charge in [0, 0.05) is 0 Å². The third kappa shape index (κ3) is 5.53. The van der Waals surface area contributed by atoms with E-state index in [0.29, 0.717) is 22.7 Å². The van der Waals surface area contributed by atoms with Crippen LogP contribution in [0.25, 0.3) is 0 Å². The monoisotopic (exact) mass is 343 g/mol. The number of carbonyl (C=O) groups excluding carboxylic acids is 2. The number of ether oxygens (including phenoxy) is 3. The molecule has 0 aliphatic heterocycles. The lowest BCUT2D eigenvalue weighted by Gasteiger charge is -2.11. The van der Waals surface area contributed by atoms with Crippen LogP contribution < -0.4 is 14.8 Å². The highest BCUT2D eigenvalue weighted by atomic mass is 16.5. The predicted octanol–water partition coefficient (Wildman–Crippen LogP) is 3.28. The zero-order valence-corrected chi connectivity index (χ0v) is 14.4. The lowest BCUT2D eigenvalue weighted by atomic mass is 10.2. The Kier molecular flexibility index (Phi) is 6.39. The van der Waals surface area contributed by atoms with Crippen LogP contribution in [0.5, 0.6) is 11.5 Å². The Morgan fingerprint density at radius 1 is 1.04 bits per heavy atom. The molecule has 6 nitrogen and oxygen atoms in total. The van der Waals surface area contributed by atoms with Gasteiger partial charge >= 0.3 is 5.97 Å². The molecule has 0 radical (unpaired) electrons. The topological polar surface area (TPSA) is 73.9 Å². The molecule has 25 heavy (non-hydrogen) atoms. The van der Waals surface area contributed by atoms with E-state index in [2.05, 4.69) is 5.32 Å². The summed E-state index contributed by atoms with van der Waals surface area (Å²) >= 11 is 0. The fraction of sp³-hybridized carbons (Fsp3) is 0.263. The summed E-state index contributed by atoms with van der Waals surface area (Å²) in [5.41, 5.74) is 1.00. The van der Waals surface area contributed by atoms with Crippen molar-refractivity contribution in [2.24, 2.45) is 0 Å². The summed E-state index contributed by atoms with van der Waals surface area (Å²) in [6, 6.07) is 13.5. The highest BCUT2D eigenvalue weighted by molar-refractivity contribution is 5.93. The molecule has 0 heterocycles. The van der Waals surface area contributed by atoms with E-state index in [1.807, 2.05) is 6.07 Å². The van der Waals surface area contributed by atoms with Gasteiger partial charge in [0.15, 0.2) is 6.61 Å². The van der Waals surface area contributed by atoms with Gasteiger partial charge in [-0.2, -0.15) is 0 Å². The summed E-state index contributed by atoms with van der Waals surface area (Å²) in [7, 11) is 1.54. The highest BCUT2D eigenvalue weighted by Crippen LogP contribution is 2.23. The molecule has 0 aliphatic rings. The molecular formula is C19H21NO5. The summed E-state index contributed by atoms with van der Waals surface area (Å²) in [5.74, 6) is 0.350. The van der Waals surface area contributed by atoms with Gasteiger partial charge in [0.05, 0.1) is 24.5 Å². The maximum Gasteiger partial charge on any atom is 0.338 e. The number of hydrogen-bond donors (Lipinski definition) is 1. The molecule has 6 heteroatoms. The van der Waals surface area contributed by atoms with Crippen molar-refractivity contribution in [2.45, 2.75) is 20.0 Å². The standard InChI is InChI=1S/C19H21NO5/c1-13(2)25-19(22)14-8-10-15(11-9-14)24-12-18(21)20-16-6-4-5-7-17(16)23-3/h4-11,13H,12H2,1-3H3,(H,20,21). The number of methoxy groups -OCH3 is 1. The summed E-state index contributed by atoms with van der Waals surface area (Å²) in [6.45, 7) is 3.42. The SMILES string of the molecule is COc1ccccc1NC(=O)COc1ccc(C(=O)OC(C)C)cc1. The van der Waals surface area contributed by atoms with Crippen LogP contribution in [0.4, 0.5) is 5.69 Å². The molecule has 0 spiro atoms. The molecule has 0 fully saturated rings. The van der Waals surface area contributed by atoms with E-state index < -0.39 is 5.97 Å². The zero-order valence-electron chi connectivity index (χ0n) is 14.4. The van der Waals surface area contributed by atoms with E-state index in [1.54, 1.807) is 56.3 Å². The van der Waals surface area contributed by atoms with Crippen molar-refractivity contribution in [3.8, 4) is 11.5 Å². The van der Waals surface area contributed by atoms with E-state index in [-0.39, 0.29) is 18.6 Å². The van der Waals surface area contributed by atoms with Crippen molar-refractivity contribution in [1.82, 2.24) is 0 Å². The Hall–Kier alpha value is -3.02. The number of anilines is 1. The number of hydrogen-bond acceptors (Lipinski definition) is 5. The normalized spacial score (nSPS) is 10.2. The molecule has 2 aromatic carbocycles. The second kappa shape index (κ2) is 8.73. The number of carbonyl (C=O) groups is 2. The summed E-state index contributed by atoms with van der Waals surface area (Å²) in [4.78, 5) is 23.7. The molecule has 0 atom stereocenters. The minimum Gasteiger partial charge on any atom is -0.495 e. The largest absolute Gasteiger partial charge is 0.495 e. The first-order chi connectivity index (χ1) is 12.0. The van der Waals surface area contributed by atoms with Gasteiger partial charge < -0.3 is 19.5 Å². The lowest BCUT2D eigenvalue weighted by molar-refractivity contribution is -0.118. The van der Waals surface area contributed by atoms with Crippen molar-refractivity contribution >= 4 is 17.6 Å². The third-order valence-electron chi connectivity index (χ3n) is 3.18. The predicted molar refractivity (Wildman–Crippen MR) is 94.1 cm³/mol. The van der Waals surface area contributed by atoms with E-state index >= 15 is 0 Å². The molecule has 132 valence electrons. The van der Waals surface area contributed by atoms with E-state index in [0.717, 1.165) is 0 Å². The van der Waals surface area contributed by atoms with E-state index in [1.165, 1.54) is 7.11 Å². The van der Waals surface area contributed by atoms with Gasteiger partial charge in [-0.15, -0.1) is 0 Å². The molecule has 0 aliphatic carbocycles. The van der Waals surface area contributed by atoms with Crippen LogP contribution >= 0.6 is 0 Å². The van der Waals surface area contributed by atoms with E-state index in [9.17, 15) is 9.59 Å². The summed E-state index contributed by atoms with van der Waals surface area (Å²) in [5, 5.41) is 2.72. The Balaban J connectivity index is 1.88. The van der Waals surface area contributed by atoms with Crippen LogP contribution in [0.2, 0.25) is 0 Å². The van der Waals surface area contributed by atoms with Gasteiger partial charge in [0.1, 0.15) is 11.5 Å². The smallest absolute Gasteiger partial charge is 0.338 e. The molecule has 0 saturated heterocycles. The van der Waals surface area contributed by atoms with Crippen LogP contribution in [-0.2, 0) is 9.53 Å². The minimum atomic E-state index is -0.393. The Bertz CT molecular complexity index is 725. The van der Waals surface area contributed by atoms with Gasteiger partial charge in [0.2, 0.25) is 0 Å². The van der Waals surface area contributed by atoms with Gasteiger partial charge in [-0.25, -0.2) is 4.79 Å². The number of esters is 1. The molecule has 0 bridgehead atoms. The Morgan fingerprint density at radius 2 is 1.72 bits per heavy atom. The number of rotatable bonds is 7. The molecule has 2 aromatic rings. The van der Waals surface area contributed by atoms with Gasteiger partial charge in [0.25, 0.3) is 5.91 Å². The number of nitrogens with one attached hydrogen (secondary N) is 1. The van der Waals surface area contributed by atoms with Crippen LogP contribution in [0, 0.1) is 0 Å². The molecule has 0 unspecified atom stereocenters. The quantitative estimate of drug-likeness (QED) is 0.781. The Labute approximate surface area is 146 Å². The van der Waals surface area contributed by atoms with Crippen LogP contribution in [0.15, 0.2) is 48.5 Å². The average Bonchev–Trinajstić information content (AvgIpc) is 2.60. The lowest BCUT2D eigenvalue weighted by Crippen LogP contribution is -2.20. The minimum absolute atomic E-state index is 0.159. The number of benzene rings is 2. The average molecular weight is 343 g/mol. The molecule has 1 N–H and O–H groups in total. The molecule has 0 aromatic heterocycles. The number of para-hydroxylation sites is 2. The van der Waals surface area contributed by atoms with Gasteiger partial charge in [-0.3, -0.25) is 4.79 Å². The van der Waals surface area contributed by atoms with Crippen LogP contribution in [0.1, 0.15) is 24.2 Å². The van der Waals surface area contributed by atoms with Crippen molar-refractivity contribution < 1.29 is 23.8 Å². The van der Waals surface area contributed by atoms with E-state index in [4.69, 9.17) is 14.2 Å². The first-order valence-corrected chi connectivity index (χ1v) is 7.86. The van der Waals surface area contributed by atoms with Crippen LogP contribution in [-0.4, -0.2) is 31.7 Å². The second-order valence-corrected chi connectivity index (χ2v) is 5.52. The maximum absolute atomic E-state index is 12.0. The van der Waals surface area contributed by atoms with Crippen molar-refractivity contribution in [3.63, 3.8) is 0 Å². The molecule has 0 saturated carbocycles. The first-order valence-electron chi connectivity index (χ1n) is 7.86. The summed E-state index contributed by atoms with van der Waals surface area (Å²) < 4.78 is 15.7. The molecule has 1 amide bonds. The second-order valence-electron chi connectivity index (χ2n) is 5.52. The van der Waals surface area contributed by atoms with Crippen molar-refractivity contribution in [3.05, 3.63) is 54.1 Å². The fourth-order valence-corrected chi connectivity index (χ4v) is 2.05. The Morgan fingerprint density at radius 3 is 2.36 bits per heavy atom. The zero-order chi connectivity index (χ0) is 18.2. The third-order valence-corrected chi connectivity index (χ3v) is 3.18. The first kappa shape index (κ1) is 18.3. The molecular weight excluding hydrogens is 322 g/mol. The fourth-order valence-electron chi connectivity index (χ4n) is 2.05. The number of amides is 1. The maximum atomic E-state index is 12.0.